The van der Waals surface area contributed by atoms with Gasteiger partial charge >= 0.3 is 0 Å². The van der Waals surface area contributed by atoms with Crippen molar-refractivity contribution in [2.24, 2.45) is 11.7 Å². The zero-order valence-electron chi connectivity index (χ0n) is 11.5. The van der Waals surface area contributed by atoms with Gasteiger partial charge in [0.2, 0.25) is 5.89 Å². The van der Waals surface area contributed by atoms with Gasteiger partial charge in [0.15, 0.2) is 5.82 Å². The van der Waals surface area contributed by atoms with Crippen LogP contribution in [0.25, 0.3) is 0 Å². The highest BCUT2D eigenvalue weighted by atomic mass is 32.2. The molecule has 2 rings (SSSR count). The van der Waals surface area contributed by atoms with Crippen LogP contribution < -0.4 is 5.73 Å². The maximum absolute atomic E-state index is 5.98. The van der Waals surface area contributed by atoms with Gasteiger partial charge in [-0.25, -0.2) is 0 Å². The van der Waals surface area contributed by atoms with Crippen molar-refractivity contribution in [3.05, 3.63) is 41.5 Å². The number of nitrogens with two attached hydrogens (primary N) is 1. The standard InChI is InChI=1S/C14H19N3OS/c1-9(2)13(15)14-16-12(17-18-14)8-19-11-7-5-4-6-10(11)3/h4-7,9,13H,8,15H2,1-3H3/t13-/m0/s1. The smallest absolute Gasteiger partial charge is 0.243 e. The Morgan fingerprint density at radius 3 is 2.74 bits per heavy atom. The van der Waals surface area contributed by atoms with E-state index in [0.29, 0.717) is 17.5 Å². The minimum absolute atomic E-state index is 0.190. The molecule has 1 atom stereocenters. The van der Waals surface area contributed by atoms with E-state index in [2.05, 4.69) is 29.2 Å². The Labute approximate surface area is 117 Å². The van der Waals surface area contributed by atoms with Gasteiger partial charge in [0, 0.05) is 4.90 Å². The van der Waals surface area contributed by atoms with Crippen LogP contribution >= 0.6 is 11.8 Å². The zero-order chi connectivity index (χ0) is 13.8. The number of benzene rings is 1. The van der Waals surface area contributed by atoms with Crippen molar-refractivity contribution in [1.82, 2.24) is 10.1 Å². The maximum Gasteiger partial charge on any atom is 0.243 e. The fourth-order valence-corrected chi connectivity index (χ4v) is 2.48. The van der Waals surface area contributed by atoms with Crippen LogP contribution in [0, 0.1) is 12.8 Å². The number of hydrogen-bond donors (Lipinski definition) is 1. The quantitative estimate of drug-likeness (QED) is 0.849. The number of nitrogens with zero attached hydrogens (tertiary/aromatic N) is 2. The molecule has 0 saturated carbocycles. The first-order valence-electron chi connectivity index (χ1n) is 6.34. The Morgan fingerprint density at radius 1 is 1.32 bits per heavy atom. The lowest BCUT2D eigenvalue weighted by atomic mass is 10.1. The second kappa shape index (κ2) is 6.21. The SMILES string of the molecule is Cc1ccccc1SCc1noc([C@@H](N)C(C)C)n1. The molecule has 4 nitrogen and oxygen atoms in total. The molecule has 0 unspecified atom stereocenters. The second-order valence-corrected chi connectivity index (χ2v) is 5.89. The first-order valence-corrected chi connectivity index (χ1v) is 7.33. The number of aromatic nitrogens is 2. The Morgan fingerprint density at radius 2 is 2.05 bits per heavy atom. The van der Waals surface area contributed by atoms with Gasteiger partial charge < -0.3 is 10.3 Å². The topological polar surface area (TPSA) is 64.9 Å². The average molecular weight is 277 g/mol. The van der Waals surface area contributed by atoms with Gasteiger partial charge in [-0.15, -0.1) is 11.8 Å². The van der Waals surface area contributed by atoms with Gasteiger partial charge in [0.05, 0.1) is 11.8 Å². The maximum atomic E-state index is 5.98. The summed E-state index contributed by atoms with van der Waals surface area (Å²) in [4.78, 5) is 5.59. The number of aryl methyl sites for hydroxylation is 1. The highest BCUT2D eigenvalue weighted by Crippen LogP contribution is 2.25. The van der Waals surface area contributed by atoms with Gasteiger partial charge in [-0.2, -0.15) is 4.98 Å². The minimum Gasteiger partial charge on any atom is -0.338 e. The molecule has 0 spiro atoms. The van der Waals surface area contributed by atoms with Crippen LogP contribution in [0.1, 0.15) is 37.2 Å². The first-order chi connectivity index (χ1) is 9.08. The van der Waals surface area contributed by atoms with Gasteiger partial charge in [0.25, 0.3) is 0 Å². The van der Waals surface area contributed by atoms with Crippen molar-refractivity contribution in [2.75, 3.05) is 0 Å². The molecule has 0 bridgehead atoms. The van der Waals surface area contributed by atoms with Crippen molar-refractivity contribution in [3.8, 4) is 0 Å². The fourth-order valence-electron chi connectivity index (χ4n) is 1.61. The summed E-state index contributed by atoms with van der Waals surface area (Å²) in [6.07, 6.45) is 0. The molecule has 19 heavy (non-hydrogen) atoms. The van der Waals surface area contributed by atoms with E-state index in [9.17, 15) is 0 Å². The van der Waals surface area contributed by atoms with Crippen LogP contribution in [0.2, 0.25) is 0 Å². The van der Waals surface area contributed by atoms with Crippen molar-refractivity contribution < 1.29 is 4.52 Å². The highest BCUT2D eigenvalue weighted by Gasteiger charge is 2.18. The molecule has 5 heteroatoms. The van der Waals surface area contributed by atoms with Crippen LogP contribution in [0.5, 0.6) is 0 Å². The Kier molecular flexibility index (Phi) is 4.61. The predicted molar refractivity (Wildman–Crippen MR) is 76.8 cm³/mol. The minimum atomic E-state index is -0.190. The number of hydrogen-bond acceptors (Lipinski definition) is 5. The molecule has 0 saturated heterocycles. The van der Waals surface area contributed by atoms with Crippen LogP contribution in [0.4, 0.5) is 0 Å². The average Bonchev–Trinajstić information content (AvgIpc) is 2.85. The molecule has 2 aromatic rings. The first kappa shape index (κ1) is 14.1. The van der Waals surface area contributed by atoms with E-state index in [4.69, 9.17) is 10.3 Å². The molecule has 0 amide bonds. The lowest BCUT2D eigenvalue weighted by molar-refractivity contribution is 0.323. The van der Waals surface area contributed by atoms with E-state index < -0.39 is 0 Å². The summed E-state index contributed by atoms with van der Waals surface area (Å²) >= 11 is 1.71. The largest absolute Gasteiger partial charge is 0.338 e. The normalized spacial score (nSPS) is 12.9. The summed E-state index contributed by atoms with van der Waals surface area (Å²) in [5.41, 5.74) is 7.24. The molecular weight excluding hydrogens is 258 g/mol. The van der Waals surface area contributed by atoms with Crippen LogP contribution in [0.3, 0.4) is 0 Å². The van der Waals surface area contributed by atoms with Crippen molar-refractivity contribution in [3.63, 3.8) is 0 Å². The lowest BCUT2D eigenvalue weighted by Gasteiger charge is -2.09. The highest BCUT2D eigenvalue weighted by molar-refractivity contribution is 7.98. The molecule has 0 fully saturated rings. The van der Waals surface area contributed by atoms with Gasteiger partial charge in [-0.1, -0.05) is 37.2 Å². The Bertz CT molecular complexity index is 539. The number of thioether (sulfide) groups is 1. The Balaban J connectivity index is 1.99. The third-order valence-corrected chi connectivity index (χ3v) is 4.11. The summed E-state index contributed by atoms with van der Waals surface area (Å²) < 4.78 is 5.21. The molecule has 0 radical (unpaired) electrons. The van der Waals surface area contributed by atoms with Gasteiger partial charge in [0.1, 0.15) is 0 Å². The third-order valence-electron chi connectivity index (χ3n) is 2.94. The molecule has 0 aliphatic rings. The van der Waals surface area contributed by atoms with Crippen molar-refractivity contribution in [1.29, 1.82) is 0 Å². The monoisotopic (exact) mass is 277 g/mol. The second-order valence-electron chi connectivity index (χ2n) is 4.87. The number of rotatable bonds is 5. The Hall–Kier alpha value is -1.33. The summed E-state index contributed by atoms with van der Waals surface area (Å²) in [5.74, 6) is 2.20. The van der Waals surface area contributed by atoms with E-state index in [-0.39, 0.29) is 12.0 Å². The summed E-state index contributed by atoms with van der Waals surface area (Å²) in [6, 6.07) is 8.07. The summed E-state index contributed by atoms with van der Waals surface area (Å²) in [7, 11) is 0. The van der Waals surface area contributed by atoms with Crippen LogP contribution in [0.15, 0.2) is 33.7 Å². The van der Waals surface area contributed by atoms with Crippen molar-refractivity contribution >= 4 is 11.8 Å². The molecule has 1 aromatic carbocycles. The van der Waals surface area contributed by atoms with Gasteiger partial charge in [-0.05, 0) is 24.5 Å². The molecule has 102 valence electrons. The lowest BCUT2D eigenvalue weighted by Crippen LogP contribution is -2.17. The molecular formula is C14H19N3OS. The van der Waals surface area contributed by atoms with E-state index in [1.165, 1.54) is 10.5 Å². The van der Waals surface area contributed by atoms with Crippen LogP contribution in [-0.4, -0.2) is 10.1 Å². The zero-order valence-corrected chi connectivity index (χ0v) is 12.3. The molecule has 2 N–H and O–H groups in total. The van der Waals surface area contributed by atoms with Gasteiger partial charge in [-0.3, -0.25) is 0 Å². The van der Waals surface area contributed by atoms with E-state index >= 15 is 0 Å². The molecule has 1 heterocycles. The van der Waals surface area contributed by atoms with E-state index in [1.54, 1.807) is 11.8 Å². The van der Waals surface area contributed by atoms with E-state index in [1.807, 2.05) is 26.0 Å². The summed E-state index contributed by atoms with van der Waals surface area (Å²) in [6.45, 7) is 6.17. The van der Waals surface area contributed by atoms with E-state index in [0.717, 1.165) is 0 Å². The molecule has 0 aliphatic heterocycles. The fraction of sp³-hybridized carbons (Fsp3) is 0.429. The summed E-state index contributed by atoms with van der Waals surface area (Å²) in [5, 5.41) is 3.98. The third kappa shape index (κ3) is 3.58. The molecule has 0 aliphatic carbocycles. The predicted octanol–water partition coefficient (Wildman–Crippen LogP) is 3.33. The molecule has 1 aromatic heterocycles. The van der Waals surface area contributed by atoms with Crippen molar-refractivity contribution in [2.45, 2.75) is 37.5 Å². The van der Waals surface area contributed by atoms with Crippen LogP contribution in [-0.2, 0) is 5.75 Å².